The van der Waals surface area contributed by atoms with Crippen LogP contribution in [0.2, 0.25) is 0 Å². The summed E-state index contributed by atoms with van der Waals surface area (Å²) in [6, 6.07) is 0. The zero-order valence-corrected chi connectivity index (χ0v) is 71.7. The Morgan fingerprint density at radius 1 is 0.158 bits per heavy atom. The largest absolute Gasteiger partial charge is 0.464 e. The summed E-state index contributed by atoms with van der Waals surface area (Å²) in [5, 5.41) is 158. The number of aliphatic hydroxyl groups is 16. The molecule has 0 heterocycles. The molecule has 0 unspecified atom stereocenters. The Labute approximate surface area is 700 Å². The van der Waals surface area contributed by atoms with Gasteiger partial charge in [0.2, 0.25) is 0 Å². The molecule has 0 spiro atoms. The third-order valence-corrected chi connectivity index (χ3v) is 22.0. The van der Waals surface area contributed by atoms with Gasteiger partial charge in [-0.2, -0.15) is 0 Å². The number of hydrogen-bond donors (Lipinski definition) is 16. The van der Waals surface area contributed by atoms with Gasteiger partial charge in [-0.1, -0.05) is 21.6 Å². The molecule has 0 aromatic rings. The van der Waals surface area contributed by atoms with Gasteiger partial charge < -0.3 is 148 Å². The van der Waals surface area contributed by atoms with E-state index >= 15 is 0 Å². The third-order valence-electron chi connectivity index (χ3n) is 19.6. The van der Waals surface area contributed by atoms with E-state index in [2.05, 4.69) is 0 Å². The number of carbonyl (C=O) groups is 14. The fourth-order valence-electron chi connectivity index (χ4n) is 7.98. The molecule has 0 aromatic heterocycles. The molecule has 0 saturated heterocycles. The molecule has 0 saturated carbocycles. The van der Waals surface area contributed by atoms with Gasteiger partial charge >= 0.3 is 83.6 Å². The summed E-state index contributed by atoms with van der Waals surface area (Å²) in [6.45, 7) is -15.4. The maximum atomic E-state index is 14.5. The normalized spacial score (nSPS) is 13.0. The van der Waals surface area contributed by atoms with Crippen LogP contribution in [0.25, 0.3) is 0 Å². The second-order valence-corrected chi connectivity index (χ2v) is 35.9. The highest BCUT2D eigenvalue weighted by atomic mass is 33.1. The average molecular weight is 1780 g/mol. The summed E-state index contributed by atoms with van der Waals surface area (Å²) in [5.41, 5.74) is -29.9. The lowest BCUT2D eigenvalue weighted by Gasteiger charge is -2.33. The Hall–Kier alpha value is -7.36. The molecule has 120 heavy (non-hydrogen) atoms. The van der Waals surface area contributed by atoms with Gasteiger partial charge in [-0.25, -0.2) is 0 Å². The molecule has 0 radical (unpaired) electrons. The number of carbonyl (C=O) groups excluding carboxylic acids is 14. The van der Waals surface area contributed by atoms with E-state index in [9.17, 15) is 149 Å². The summed E-state index contributed by atoms with van der Waals surface area (Å²) in [5.74, 6) is -19.2. The zero-order chi connectivity index (χ0) is 93.0. The minimum atomic E-state index is -2.39. The highest BCUT2D eigenvalue weighted by Crippen LogP contribution is 2.36. The van der Waals surface area contributed by atoms with E-state index in [0.29, 0.717) is 0 Å². The van der Waals surface area contributed by atoms with Crippen molar-refractivity contribution in [2.45, 2.75) is 96.9 Å². The van der Waals surface area contributed by atoms with E-state index in [1.807, 2.05) is 0 Å². The van der Waals surface area contributed by atoms with Crippen molar-refractivity contribution in [3.63, 3.8) is 0 Å². The van der Waals surface area contributed by atoms with Crippen LogP contribution in [0.3, 0.4) is 0 Å². The molecule has 46 heteroatoms. The van der Waals surface area contributed by atoms with Crippen LogP contribution < -0.4 is 0 Å². The fraction of sp³-hybridized carbons (Fsp3) is 0.811. The molecule has 0 bridgehead atoms. The lowest BCUT2D eigenvalue weighted by molar-refractivity contribution is -0.190. The van der Waals surface area contributed by atoms with Gasteiger partial charge in [-0.3, -0.25) is 67.1 Å². The number of esters is 14. The number of aliphatic hydroxyl groups excluding tert-OH is 16. The van der Waals surface area contributed by atoms with Gasteiger partial charge in [0.15, 0.2) is 0 Å². The minimum absolute atomic E-state index is 0.181. The van der Waals surface area contributed by atoms with Crippen molar-refractivity contribution in [2.75, 3.05) is 210 Å². The van der Waals surface area contributed by atoms with Crippen molar-refractivity contribution < 1.29 is 215 Å². The van der Waals surface area contributed by atoms with Crippen molar-refractivity contribution in [1.82, 2.24) is 0 Å². The molecule has 0 aromatic carbocycles. The van der Waals surface area contributed by atoms with Gasteiger partial charge in [0.25, 0.3) is 0 Å². The van der Waals surface area contributed by atoms with E-state index < -0.39 is 358 Å². The van der Waals surface area contributed by atoms with Crippen LogP contribution in [0, 0.1) is 75.8 Å². The number of ether oxygens (including phenoxy) is 14. The molecule has 0 aliphatic rings. The molecule has 16 N–H and O–H groups in total. The first-order valence-electron chi connectivity index (χ1n) is 37.0. The fourth-order valence-corrected chi connectivity index (χ4v) is 9.64. The second kappa shape index (κ2) is 49.2. The molecule has 0 fully saturated rings. The summed E-state index contributed by atoms with van der Waals surface area (Å²) < 4.78 is 75.9. The van der Waals surface area contributed by atoms with Crippen LogP contribution in [0.5, 0.6) is 0 Å². The first-order valence-corrected chi connectivity index (χ1v) is 39.4. The van der Waals surface area contributed by atoms with Gasteiger partial charge in [0.1, 0.15) is 168 Å². The quantitative estimate of drug-likeness (QED) is 0.0117. The molecule has 0 aliphatic heterocycles. The SMILES string of the molecule is CC(CO)(CO)C(=O)OCC(C)(COC(=O)C(C)(CO)CO)C(=O)OCC(C)(COC(=O)C(C)(COC(=O)C(C)(CO)CO)COC(=O)C(C)(CO)CO)C(=O)OCCSSCCOC(=O)C(C)(COC(=O)C(C)(COC(=O)C(C)(CO)CO)COC(=O)C(C)(CO)CO)COC(=O)C(C)(COC(=O)C(C)(CO)CO)COC(=O)C(C)(CO)CO. The number of rotatable bonds is 61. The summed E-state index contributed by atoms with van der Waals surface area (Å²) in [4.78, 5) is 192. The maximum Gasteiger partial charge on any atom is 0.318 e. The maximum absolute atomic E-state index is 14.5. The smallest absolute Gasteiger partial charge is 0.318 e. The summed E-state index contributed by atoms with van der Waals surface area (Å²) in [6.07, 6.45) is 0. The highest BCUT2D eigenvalue weighted by Gasteiger charge is 2.52. The average Bonchev–Trinajstić information content (AvgIpc) is 0.815. The van der Waals surface area contributed by atoms with Crippen LogP contribution in [-0.4, -0.2) is 375 Å². The van der Waals surface area contributed by atoms with Crippen molar-refractivity contribution >= 4 is 105 Å². The lowest BCUT2D eigenvalue weighted by Crippen LogP contribution is -2.48. The molecular formula is C74H122O44S2. The first-order chi connectivity index (χ1) is 55.6. The Kier molecular flexibility index (Phi) is 46.2. The summed E-state index contributed by atoms with van der Waals surface area (Å²) >= 11 is 0. The van der Waals surface area contributed by atoms with Crippen LogP contribution in [0.4, 0.5) is 0 Å². The molecular weight excluding hydrogens is 1660 g/mol. The van der Waals surface area contributed by atoms with Crippen molar-refractivity contribution in [3.8, 4) is 0 Å². The van der Waals surface area contributed by atoms with E-state index in [0.717, 1.165) is 119 Å². The van der Waals surface area contributed by atoms with Crippen LogP contribution in [0.15, 0.2) is 0 Å². The van der Waals surface area contributed by atoms with E-state index in [4.69, 9.17) is 66.3 Å². The minimum Gasteiger partial charge on any atom is -0.464 e. The second-order valence-electron chi connectivity index (χ2n) is 33.2. The topological polar surface area (TPSA) is 692 Å². The molecule has 44 nitrogen and oxygen atoms in total. The van der Waals surface area contributed by atoms with Crippen LogP contribution >= 0.6 is 21.6 Å². The standard InChI is InChI=1S/C74H122O44S2/c1-61(19-75,20-76)47(91)107-39-71(11,40-108-48(92)62(2,21-77)22-78)57(101)115-35-69(9,36-116-58(102)72(12,41-109-49(93)63(3,23-79)24-80)42-110-50(94)64(4,25-81)26-82)55(99)105-15-17-119-120-18-16-106-56(100)70(10,37-117-59(103)73(13,43-111-51(95)65(5,27-83)28-84)44-112-52(96)66(6,29-85)30-86)38-118-60(104)74(14,45-113-53(97)67(7,31-87)32-88)46-114-54(98)68(8,33-89)34-90/h75-90H,15-46H2,1-14H3. The molecule has 0 atom stereocenters. The van der Waals surface area contributed by atoms with Gasteiger partial charge in [0, 0.05) is 11.5 Å². The molecule has 694 valence electrons. The Morgan fingerprint density at radius 2 is 0.242 bits per heavy atom. The van der Waals surface area contributed by atoms with Crippen LogP contribution in [-0.2, 0) is 133 Å². The van der Waals surface area contributed by atoms with Crippen molar-refractivity contribution in [1.29, 1.82) is 0 Å². The highest BCUT2D eigenvalue weighted by molar-refractivity contribution is 8.76. The third kappa shape index (κ3) is 30.8. The first kappa shape index (κ1) is 113. The molecule has 0 amide bonds. The van der Waals surface area contributed by atoms with E-state index in [1.165, 1.54) is 0 Å². The summed E-state index contributed by atoms with van der Waals surface area (Å²) in [7, 11) is 1.86. The van der Waals surface area contributed by atoms with Crippen molar-refractivity contribution in [3.05, 3.63) is 0 Å². The zero-order valence-electron chi connectivity index (χ0n) is 70.0. The monoisotopic (exact) mass is 1780 g/mol. The lowest BCUT2D eigenvalue weighted by atomic mass is 9.89. The van der Waals surface area contributed by atoms with Gasteiger partial charge in [-0.05, 0) is 96.9 Å². The molecule has 0 aliphatic carbocycles. The van der Waals surface area contributed by atoms with E-state index in [1.54, 1.807) is 0 Å². The van der Waals surface area contributed by atoms with Crippen molar-refractivity contribution in [2.24, 2.45) is 75.8 Å². The Balaban J connectivity index is 7.82. The predicted molar refractivity (Wildman–Crippen MR) is 405 cm³/mol. The van der Waals surface area contributed by atoms with Crippen LogP contribution in [0.1, 0.15) is 96.9 Å². The Bertz CT molecular complexity index is 2820. The predicted octanol–water partition coefficient (Wildman–Crippen LogP) is -6.06. The van der Waals surface area contributed by atoms with E-state index in [-0.39, 0.29) is 11.5 Å². The Morgan fingerprint density at radius 3 is 0.333 bits per heavy atom. The van der Waals surface area contributed by atoms with Gasteiger partial charge in [-0.15, -0.1) is 0 Å². The van der Waals surface area contributed by atoms with Gasteiger partial charge in [0.05, 0.1) is 106 Å². The molecule has 0 rings (SSSR count). The number of hydrogen-bond acceptors (Lipinski definition) is 46.